The molecule has 0 spiro atoms. The van der Waals surface area contributed by atoms with Crippen LogP contribution in [0.2, 0.25) is 0 Å². The molecular weight excluding hydrogens is 344 g/mol. The first-order chi connectivity index (χ1) is 12.4. The van der Waals surface area contributed by atoms with Gasteiger partial charge in [-0.15, -0.1) is 0 Å². The van der Waals surface area contributed by atoms with Gasteiger partial charge in [0, 0.05) is 16.1 Å². The SMILES string of the molecule is c1ccc(Nc2nc(-c3ccccc3)c(Sc3ccccc3)s2)cc1. The summed E-state index contributed by atoms with van der Waals surface area (Å²) in [6.45, 7) is 0. The van der Waals surface area contributed by atoms with E-state index in [1.807, 2.05) is 42.5 Å². The molecule has 0 radical (unpaired) electrons. The molecule has 0 aliphatic rings. The second-order valence-corrected chi connectivity index (χ2v) is 7.77. The van der Waals surface area contributed by atoms with E-state index in [4.69, 9.17) is 4.98 Å². The fourth-order valence-electron chi connectivity index (χ4n) is 2.45. The normalized spacial score (nSPS) is 10.6. The van der Waals surface area contributed by atoms with E-state index in [9.17, 15) is 0 Å². The van der Waals surface area contributed by atoms with Crippen molar-refractivity contribution in [1.29, 1.82) is 0 Å². The summed E-state index contributed by atoms with van der Waals surface area (Å²) in [7, 11) is 0. The van der Waals surface area contributed by atoms with Gasteiger partial charge in [-0.2, -0.15) is 0 Å². The van der Waals surface area contributed by atoms with Crippen LogP contribution < -0.4 is 5.32 Å². The van der Waals surface area contributed by atoms with Crippen molar-refractivity contribution < 1.29 is 0 Å². The lowest BCUT2D eigenvalue weighted by molar-refractivity contribution is 1.34. The highest BCUT2D eigenvalue weighted by Gasteiger charge is 2.14. The van der Waals surface area contributed by atoms with Gasteiger partial charge in [0.25, 0.3) is 0 Å². The molecule has 25 heavy (non-hydrogen) atoms. The summed E-state index contributed by atoms with van der Waals surface area (Å²) in [5, 5.41) is 4.32. The van der Waals surface area contributed by atoms with Crippen molar-refractivity contribution in [3.63, 3.8) is 0 Å². The quantitative estimate of drug-likeness (QED) is 0.428. The van der Waals surface area contributed by atoms with E-state index >= 15 is 0 Å². The third-order valence-corrected chi connectivity index (χ3v) is 5.77. The molecule has 1 heterocycles. The summed E-state index contributed by atoms with van der Waals surface area (Å²) in [6.07, 6.45) is 0. The van der Waals surface area contributed by atoms with Crippen LogP contribution in [0.15, 0.2) is 100 Å². The molecule has 122 valence electrons. The Balaban J connectivity index is 1.70. The average molecular weight is 361 g/mol. The number of benzene rings is 3. The van der Waals surface area contributed by atoms with Gasteiger partial charge in [0.15, 0.2) is 5.13 Å². The van der Waals surface area contributed by atoms with E-state index < -0.39 is 0 Å². The Hall–Kier alpha value is -2.56. The largest absolute Gasteiger partial charge is 0.332 e. The number of aromatic nitrogens is 1. The summed E-state index contributed by atoms with van der Waals surface area (Å²) in [5.74, 6) is 0. The molecule has 1 N–H and O–H groups in total. The second-order valence-electron chi connectivity index (χ2n) is 5.43. The second kappa shape index (κ2) is 7.55. The topological polar surface area (TPSA) is 24.9 Å². The zero-order valence-electron chi connectivity index (χ0n) is 13.4. The van der Waals surface area contributed by atoms with E-state index in [0.717, 1.165) is 22.1 Å². The predicted molar refractivity (Wildman–Crippen MR) is 108 cm³/mol. The van der Waals surface area contributed by atoms with E-state index in [2.05, 4.69) is 53.8 Å². The molecule has 0 fully saturated rings. The minimum Gasteiger partial charge on any atom is -0.332 e. The van der Waals surface area contributed by atoms with Crippen LogP contribution in [-0.2, 0) is 0 Å². The van der Waals surface area contributed by atoms with E-state index in [0.29, 0.717) is 0 Å². The first kappa shape index (κ1) is 15.9. The van der Waals surface area contributed by atoms with Crippen LogP contribution in [0, 0.1) is 0 Å². The number of rotatable bonds is 5. The molecule has 4 heteroatoms. The highest BCUT2D eigenvalue weighted by atomic mass is 32.2. The van der Waals surface area contributed by atoms with Crippen LogP contribution in [0.5, 0.6) is 0 Å². The van der Waals surface area contributed by atoms with Crippen molar-refractivity contribution >= 4 is 33.9 Å². The summed E-state index contributed by atoms with van der Waals surface area (Å²) < 4.78 is 1.19. The van der Waals surface area contributed by atoms with Gasteiger partial charge in [-0.05, 0) is 24.3 Å². The predicted octanol–water partition coefficient (Wildman–Crippen LogP) is 6.70. The molecule has 1 aromatic heterocycles. The minimum absolute atomic E-state index is 0.906. The van der Waals surface area contributed by atoms with Crippen molar-refractivity contribution in [3.05, 3.63) is 91.0 Å². The molecule has 3 aromatic carbocycles. The van der Waals surface area contributed by atoms with Gasteiger partial charge in [-0.1, -0.05) is 89.8 Å². The van der Waals surface area contributed by atoms with Crippen LogP contribution >= 0.6 is 23.1 Å². The fourth-order valence-corrected chi connectivity index (χ4v) is 4.65. The number of thiazole rings is 1. The van der Waals surface area contributed by atoms with Gasteiger partial charge in [0.05, 0.1) is 9.90 Å². The molecule has 0 bridgehead atoms. The number of hydrogen-bond acceptors (Lipinski definition) is 4. The first-order valence-corrected chi connectivity index (χ1v) is 9.63. The molecule has 4 rings (SSSR count). The van der Waals surface area contributed by atoms with Crippen molar-refractivity contribution in [2.75, 3.05) is 5.32 Å². The Morgan fingerprint density at radius 3 is 2.00 bits per heavy atom. The zero-order chi connectivity index (χ0) is 16.9. The van der Waals surface area contributed by atoms with Crippen LogP contribution in [-0.4, -0.2) is 4.98 Å². The van der Waals surface area contributed by atoms with E-state index in [-0.39, 0.29) is 0 Å². The fraction of sp³-hybridized carbons (Fsp3) is 0. The minimum atomic E-state index is 0.906. The molecule has 0 unspecified atom stereocenters. The molecule has 0 saturated carbocycles. The highest BCUT2D eigenvalue weighted by molar-refractivity contribution is 8.01. The zero-order valence-corrected chi connectivity index (χ0v) is 15.1. The van der Waals surface area contributed by atoms with Gasteiger partial charge in [0.1, 0.15) is 0 Å². The lowest BCUT2D eigenvalue weighted by Crippen LogP contribution is -1.88. The maximum absolute atomic E-state index is 4.86. The molecule has 0 aliphatic heterocycles. The standard InChI is InChI=1S/C21H16N2S2/c1-4-10-16(11-5-1)19-20(24-18-14-8-3-9-15-18)25-21(23-19)22-17-12-6-2-7-13-17/h1-15H,(H,22,23). The van der Waals surface area contributed by atoms with Crippen LogP contribution in [0.1, 0.15) is 0 Å². The lowest BCUT2D eigenvalue weighted by atomic mass is 10.2. The number of hydrogen-bond donors (Lipinski definition) is 1. The molecule has 0 saturated heterocycles. The summed E-state index contributed by atoms with van der Waals surface area (Å²) in [6, 6.07) is 30.9. The maximum atomic E-state index is 4.86. The van der Waals surface area contributed by atoms with E-state index in [1.54, 1.807) is 23.1 Å². The molecule has 0 amide bonds. The Kier molecular flexibility index (Phi) is 4.81. The molecule has 2 nitrogen and oxygen atoms in total. The van der Waals surface area contributed by atoms with Crippen molar-refractivity contribution in [3.8, 4) is 11.3 Å². The van der Waals surface area contributed by atoms with Crippen molar-refractivity contribution in [2.24, 2.45) is 0 Å². The number of nitrogens with zero attached hydrogens (tertiary/aromatic N) is 1. The molecule has 0 atom stereocenters. The third-order valence-electron chi connectivity index (χ3n) is 3.62. The number of para-hydroxylation sites is 1. The maximum Gasteiger partial charge on any atom is 0.188 e. The summed E-state index contributed by atoms with van der Waals surface area (Å²) in [4.78, 5) is 6.08. The van der Waals surface area contributed by atoms with Crippen LogP contribution in [0.4, 0.5) is 10.8 Å². The van der Waals surface area contributed by atoms with Gasteiger partial charge in [-0.25, -0.2) is 4.98 Å². The molecule has 0 aliphatic carbocycles. The summed E-state index contributed by atoms with van der Waals surface area (Å²) >= 11 is 3.44. The number of anilines is 2. The Morgan fingerprint density at radius 1 is 0.720 bits per heavy atom. The molecular formula is C21H16N2S2. The lowest BCUT2D eigenvalue weighted by Gasteiger charge is -2.02. The van der Waals surface area contributed by atoms with Gasteiger partial charge in [-0.3, -0.25) is 0 Å². The van der Waals surface area contributed by atoms with Gasteiger partial charge < -0.3 is 5.32 Å². The number of nitrogens with one attached hydrogen (secondary N) is 1. The van der Waals surface area contributed by atoms with Crippen molar-refractivity contribution in [2.45, 2.75) is 9.10 Å². The Bertz CT molecular complexity index is 936. The molecule has 4 aromatic rings. The van der Waals surface area contributed by atoms with E-state index in [1.165, 1.54) is 9.10 Å². The van der Waals surface area contributed by atoms with Crippen LogP contribution in [0.3, 0.4) is 0 Å². The monoisotopic (exact) mass is 360 g/mol. The summed E-state index contributed by atoms with van der Waals surface area (Å²) in [5.41, 5.74) is 3.21. The highest BCUT2D eigenvalue weighted by Crippen LogP contribution is 2.42. The van der Waals surface area contributed by atoms with Gasteiger partial charge in [0.2, 0.25) is 0 Å². The van der Waals surface area contributed by atoms with Crippen molar-refractivity contribution in [1.82, 2.24) is 4.98 Å². The smallest absolute Gasteiger partial charge is 0.188 e. The Labute approximate surface area is 155 Å². The van der Waals surface area contributed by atoms with Gasteiger partial charge >= 0.3 is 0 Å². The average Bonchev–Trinajstić information content (AvgIpc) is 3.06. The third kappa shape index (κ3) is 3.92. The Morgan fingerprint density at radius 2 is 1.32 bits per heavy atom. The van der Waals surface area contributed by atoms with Crippen LogP contribution in [0.25, 0.3) is 11.3 Å². The first-order valence-electron chi connectivity index (χ1n) is 8.00.